The molecule has 0 heterocycles. The number of carbonyl (C=O) groups excluding carboxylic acids is 1. The summed E-state index contributed by atoms with van der Waals surface area (Å²) in [5.41, 5.74) is 1.41. The minimum atomic E-state index is 0.654. The van der Waals surface area contributed by atoms with Crippen molar-refractivity contribution in [3.05, 3.63) is 11.1 Å². The van der Waals surface area contributed by atoms with E-state index in [9.17, 15) is 4.79 Å². The Balaban J connectivity index is 2.81. The number of nitrogens with one attached hydrogen (secondary N) is 1. The zero-order chi connectivity index (χ0) is 7.40. The van der Waals surface area contributed by atoms with Crippen molar-refractivity contribution in [3.63, 3.8) is 0 Å². The Hall–Kier alpha value is -0.920. The third kappa shape index (κ3) is 1.32. The summed E-state index contributed by atoms with van der Waals surface area (Å²) in [7, 11) is 0. The third-order valence-corrected chi connectivity index (χ3v) is 1.74. The summed E-state index contributed by atoms with van der Waals surface area (Å²) in [5.74, 6) is 0. The van der Waals surface area contributed by atoms with Crippen LogP contribution >= 0.6 is 0 Å². The van der Waals surface area contributed by atoms with Crippen LogP contribution in [0.4, 0.5) is 0 Å². The molecule has 10 heavy (non-hydrogen) atoms. The molecule has 0 aromatic carbocycles. The Labute approximate surface area is 60.4 Å². The first kappa shape index (κ1) is 7.19. The van der Waals surface area contributed by atoms with Gasteiger partial charge >= 0.3 is 0 Å². The summed E-state index contributed by atoms with van der Waals surface area (Å²) in [6.07, 6.45) is 7.86. The molecule has 0 atom stereocenters. The van der Waals surface area contributed by atoms with Crippen molar-refractivity contribution in [2.24, 2.45) is 0 Å². The van der Waals surface area contributed by atoms with E-state index < -0.39 is 0 Å². The van der Waals surface area contributed by atoms with Crippen LogP contribution in [-0.2, 0) is 4.79 Å². The van der Waals surface area contributed by atoms with Gasteiger partial charge in [0.2, 0.25) is 6.29 Å². The number of hydrogen-bond acceptors (Lipinski definition) is 2. The number of rotatable bonds is 2. The largest absolute Gasteiger partial charge is 0.298 e. The van der Waals surface area contributed by atoms with Crippen LogP contribution in [0.3, 0.4) is 0 Å². The average Bonchev–Trinajstić information content (AvgIpc) is 2.04. The predicted octanol–water partition coefficient (Wildman–Crippen LogP) is 1.49. The van der Waals surface area contributed by atoms with E-state index in [-0.39, 0.29) is 0 Å². The fraction of sp³-hybridized carbons (Fsp3) is 0.500. The smallest absolute Gasteiger partial charge is 0.229 e. The predicted molar refractivity (Wildman–Crippen MR) is 38.9 cm³/mol. The first-order chi connectivity index (χ1) is 4.88. The van der Waals surface area contributed by atoms with Gasteiger partial charge in [-0.25, -0.2) is 0 Å². The summed E-state index contributed by atoms with van der Waals surface area (Å²) in [6.45, 7) is 0. The van der Waals surface area contributed by atoms with E-state index in [0.717, 1.165) is 31.3 Å². The molecule has 0 amide bonds. The molecule has 0 saturated carbocycles. The highest BCUT2D eigenvalue weighted by atomic mass is 16.1. The van der Waals surface area contributed by atoms with E-state index in [0.29, 0.717) is 5.57 Å². The lowest BCUT2D eigenvalue weighted by Crippen LogP contribution is -2.01. The molecule has 0 aliphatic heterocycles. The molecular formula is C8H9NO. The van der Waals surface area contributed by atoms with E-state index in [1.165, 1.54) is 0 Å². The van der Waals surface area contributed by atoms with Crippen LogP contribution in [0.5, 0.6) is 0 Å². The Morgan fingerprint density at radius 2 is 1.80 bits per heavy atom. The van der Waals surface area contributed by atoms with Crippen molar-refractivity contribution in [1.29, 1.82) is 5.41 Å². The maximum absolute atomic E-state index is 10.2. The summed E-state index contributed by atoms with van der Waals surface area (Å²) in [5, 5.41) is 6.84. The number of allylic oxidation sites excluding steroid dienone is 2. The quantitative estimate of drug-likeness (QED) is 0.572. The van der Waals surface area contributed by atoms with Gasteiger partial charge in [0.15, 0.2) is 0 Å². The molecule has 1 aliphatic carbocycles. The summed E-state index contributed by atoms with van der Waals surface area (Å²) in [4.78, 5) is 10.2. The summed E-state index contributed by atoms with van der Waals surface area (Å²) >= 11 is 0. The van der Waals surface area contributed by atoms with E-state index in [2.05, 4.69) is 6.21 Å². The zero-order valence-corrected chi connectivity index (χ0v) is 5.74. The Morgan fingerprint density at radius 1 is 1.20 bits per heavy atom. The molecule has 0 aromatic rings. The van der Waals surface area contributed by atoms with Crippen molar-refractivity contribution < 1.29 is 4.79 Å². The Kier molecular flexibility index (Phi) is 2.37. The lowest BCUT2D eigenvalue weighted by molar-refractivity contribution is 0.556. The van der Waals surface area contributed by atoms with Gasteiger partial charge in [-0.05, 0) is 31.3 Å². The van der Waals surface area contributed by atoms with E-state index in [1.54, 1.807) is 0 Å². The standard InChI is InChI=1S/C8H9NO/c9-5-7-3-1-2-4-8(7)6-10/h9H,1-4H2. The molecule has 2 nitrogen and oxygen atoms in total. The van der Waals surface area contributed by atoms with Gasteiger partial charge in [0.05, 0.1) is 6.21 Å². The maximum atomic E-state index is 10.2. The van der Waals surface area contributed by atoms with E-state index >= 15 is 0 Å². The molecule has 0 bridgehead atoms. The molecule has 1 aliphatic rings. The van der Waals surface area contributed by atoms with Crippen LogP contribution in [0.15, 0.2) is 11.1 Å². The fourth-order valence-corrected chi connectivity index (χ4v) is 1.16. The minimum Gasteiger partial charge on any atom is -0.298 e. The Morgan fingerprint density at radius 3 is 2.20 bits per heavy atom. The second-order valence-electron chi connectivity index (χ2n) is 2.39. The van der Waals surface area contributed by atoms with Gasteiger partial charge in [0, 0.05) is 5.57 Å². The first-order valence-electron chi connectivity index (χ1n) is 3.41. The normalized spacial score (nSPS) is 18.8. The topological polar surface area (TPSA) is 40.9 Å². The molecular weight excluding hydrogens is 126 g/mol. The third-order valence-electron chi connectivity index (χ3n) is 1.74. The van der Waals surface area contributed by atoms with Crippen LogP contribution in [-0.4, -0.2) is 12.5 Å². The molecule has 1 N–H and O–H groups in total. The average molecular weight is 135 g/mol. The van der Waals surface area contributed by atoms with Gasteiger partial charge in [0.1, 0.15) is 0 Å². The van der Waals surface area contributed by atoms with Crippen LogP contribution in [0.2, 0.25) is 0 Å². The van der Waals surface area contributed by atoms with Gasteiger partial charge in [-0.15, -0.1) is 0 Å². The molecule has 2 radical (unpaired) electrons. The van der Waals surface area contributed by atoms with Gasteiger partial charge in [0.25, 0.3) is 0 Å². The van der Waals surface area contributed by atoms with E-state index in [1.807, 2.05) is 6.29 Å². The second kappa shape index (κ2) is 3.30. The molecule has 0 saturated heterocycles. The highest BCUT2D eigenvalue weighted by Crippen LogP contribution is 2.21. The molecule has 1 rings (SSSR count). The maximum Gasteiger partial charge on any atom is 0.229 e. The minimum absolute atomic E-state index is 0.654. The molecule has 0 spiro atoms. The van der Waals surface area contributed by atoms with Crippen LogP contribution in [0.1, 0.15) is 25.7 Å². The molecule has 0 unspecified atom stereocenters. The summed E-state index contributed by atoms with van der Waals surface area (Å²) in [6, 6.07) is 0. The summed E-state index contributed by atoms with van der Waals surface area (Å²) < 4.78 is 0. The fourth-order valence-electron chi connectivity index (χ4n) is 1.16. The van der Waals surface area contributed by atoms with Crippen molar-refractivity contribution in [2.45, 2.75) is 25.7 Å². The van der Waals surface area contributed by atoms with Gasteiger partial charge in [-0.3, -0.25) is 10.2 Å². The van der Waals surface area contributed by atoms with Crippen LogP contribution in [0.25, 0.3) is 0 Å². The van der Waals surface area contributed by atoms with Gasteiger partial charge in [-0.2, -0.15) is 0 Å². The molecule has 52 valence electrons. The second-order valence-corrected chi connectivity index (χ2v) is 2.39. The molecule has 2 heteroatoms. The lowest BCUT2D eigenvalue weighted by atomic mass is 9.93. The molecule has 0 fully saturated rings. The van der Waals surface area contributed by atoms with Crippen molar-refractivity contribution in [1.82, 2.24) is 0 Å². The molecule has 0 aromatic heterocycles. The SMILES string of the molecule is N=[C]C1=C([C]=O)CCCC1. The lowest BCUT2D eigenvalue weighted by Gasteiger charge is -2.10. The Bertz CT molecular complexity index is 162. The monoisotopic (exact) mass is 135 g/mol. The van der Waals surface area contributed by atoms with Crippen molar-refractivity contribution >= 4 is 12.5 Å². The highest BCUT2D eigenvalue weighted by molar-refractivity contribution is 5.88. The van der Waals surface area contributed by atoms with Crippen molar-refractivity contribution in [2.75, 3.05) is 0 Å². The van der Waals surface area contributed by atoms with Crippen LogP contribution < -0.4 is 0 Å². The van der Waals surface area contributed by atoms with Gasteiger partial charge in [-0.1, -0.05) is 0 Å². The highest BCUT2D eigenvalue weighted by Gasteiger charge is 2.10. The first-order valence-corrected chi connectivity index (χ1v) is 3.41. The number of hydrogen-bond donors (Lipinski definition) is 1. The van der Waals surface area contributed by atoms with Gasteiger partial charge < -0.3 is 0 Å². The van der Waals surface area contributed by atoms with Crippen LogP contribution in [0, 0.1) is 5.41 Å². The van der Waals surface area contributed by atoms with Crippen molar-refractivity contribution in [3.8, 4) is 0 Å². The van der Waals surface area contributed by atoms with E-state index in [4.69, 9.17) is 5.41 Å². The zero-order valence-electron chi connectivity index (χ0n) is 5.74.